The number of hydrogen-bond acceptors (Lipinski definition) is 9. The monoisotopic (exact) mass is 875 g/mol. The van der Waals surface area contributed by atoms with Gasteiger partial charge in [0.25, 0.3) is 10.0 Å². The van der Waals surface area contributed by atoms with Crippen LogP contribution in [-0.4, -0.2) is 28.3 Å². The summed E-state index contributed by atoms with van der Waals surface area (Å²) in [4.78, 5) is 17.1. The minimum Gasteiger partial charge on any atom is -0.460 e. The van der Waals surface area contributed by atoms with Crippen molar-refractivity contribution in [2.75, 3.05) is 5.32 Å². The van der Waals surface area contributed by atoms with Crippen molar-refractivity contribution in [2.45, 2.75) is 90.7 Å². The molecule has 0 amide bonds. The number of benzene rings is 5. The number of halogens is 3. The second kappa shape index (κ2) is 17.1. The molecule has 0 bridgehead atoms. The Kier molecular flexibility index (Phi) is 12.6. The van der Waals surface area contributed by atoms with E-state index in [4.69, 9.17) is 14.1 Å². The number of para-hydroxylation sites is 2. The smallest absolute Gasteiger partial charge is 0.460 e. The number of carbonyl (C=O) groups excluding carboxylic acids is 1. The maximum Gasteiger partial charge on any atom is 0.512 e. The van der Waals surface area contributed by atoms with Crippen LogP contribution in [-0.2, 0) is 36.2 Å². The summed E-state index contributed by atoms with van der Waals surface area (Å²) in [5.41, 5.74) is 0.0427. The summed E-state index contributed by atoms with van der Waals surface area (Å²) in [6.45, 7) is 15.8. The molecule has 2 aliphatic rings. The molecule has 0 saturated heterocycles. The molecular formula is C46H48F3N3O7S2. The van der Waals surface area contributed by atoms with Crippen molar-refractivity contribution in [2.24, 2.45) is 10.4 Å². The molecular weight excluding hydrogens is 828 g/mol. The highest BCUT2D eigenvalue weighted by molar-refractivity contribution is 8.05. The van der Waals surface area contributed by atoms with E-state index < -0.39 is 35.9 Å². The molecule has 1 heterocycles. The Labute approximate surface area is 354 Å². The maximum atomic E-state index is 13.6. The third-order valence-corrected chi connectivity index (χ3v) is 14.0. The van der Waals surface area contributed by atoms with Gasteiger partial charge in [0, 0.05) is 51.1 Å². The lowest BCUT2D eigenvalue weighted by Gasteiger charge is -2.22. The summed E-state index contributed by atoms with van der Waals surface area (Å²) in [6, 6.07) is 27.1. The number of esters is 1. The van der Waals surface area contributed by atoms with Gasteiger partial charge < -0.3 is 14.5 Å². The average molecular weight is 876 g/mol. The predicted octanol–water partition coefficient (Wildman–Crippen LogP) is 11.3. The number of rotatable bonds is 13. The quantitative estimate of drug-likeness (QED) is 0.0862. The Morgan fingerprint density at radius 1 is 0.820 bits per heavy atom. The Morgan fingerprint density at radius 3 is 2.11 bits per heavy atom. The first kappa shape index (κ1) is 45.0. The molecule has 0 unspecified atom stereocenters. The molecule has 0 spiro atoms. The third-order valence-electron chi connectivity index (χ3n) is 10.7. The molecule has 61 heavy (non-hydrogen) atoms. The largest absolute Gasteiger partial charge is 0.512 e. The SMILES string of the molecule is CCC(C)(C)C(=O)OCc1cccc(C)c1/N=c1\ccc2c(-c3ccccc3S(=O)(=O)NS(=O)(=O)C(F)(F)F)c3ccc(Nc4c(C(C)C)cccc4C(C)C)cc3oc-2c1. The van der Waals surface area contributed by atoms with Crippen molar-refractivity contribution in [3.63, 3.8) is 0 Å². The number of anilines is 2. The van der Waals surface area contributed by atoms with Gasteiger partial charge in [0.15, 0.2) is 0 Å². The van der Waals surface area contributed by atoms with Crippen LogP contribution in [0.4, 0.5) is 30.2 Å². The van der Waals surface area contributed by atoms with Crippen LogP contribution in [0.2, 0.25) is 0 Å². The van der Waals surface area contributed by atoms with Gasteiger partial charge in [-0.1, -0.05) is 93.3 Å². The summed E-state index contributed by atoms with van der Waals surface area (Å²) >= 11 is 0. The van der Waals surface area contributed by atoms with Gasteiger partial charge in [-0.15, -0.1) is 0 Å². The van der Waals surface area contributed by atoms with E-state index in [0.717, 1.165) is 32.6 Å². The fourth-order valence-electron chi connectivity index (χ4n) is 6.91. The first-order valence-electron chi connectivity index (χ1n) is 19.7. The van der Waals surface area contributed by atoms with Gasteiger partial charge in [-0.25, -0.2) is 21.8 Å². The molecule has 6 rings (SSSR count). The summed E-state index contributed by atoms with van der Waals surface area (Å²) in [5.74, 6) is 0.255. The van der Waals surface area contributed by atoms with Gasteiger partial charge in [-0.3, -0.25) is 4.79 Å². The Morgan fingerprint density at radius 2 is 1.48 bits per heavy atom. The topological polar surface area (TPSA) is 144 Å². The zero-order chi connectivity index (χ0) is 44.7. The van der Waals surface area contributed by atoms with Crippen LogP contribution in [0, 0.1) is 12.3 Å². The molecule has 0 fully saturated rings. The summed E-state index contributed by atoms with van der Waals surface area (Å²) < 4.78 is 105. The van der Waals surface area contributed by atoms with Gasteiger partial charge in [-0.05, 0) is 86.1 Å². The Hall–Kier alpha value is -5.51. The fraction of sp³-hybridized carbons (Fsp3) is 0.304. The zero-order valence-electron chi connectivity index (χ0n) is 35.1. The van der Waals surface area contributed by atoms with Crippen molar-refractivity contribution in [1.82, 2.24) is 4.13 Å². The molecule has 1 aliphatic carbocycles. The van der Waals surface area contributed by atoms with E-state index in [1.807, 2.05) is 52.0 Å². The van der Waals surface area contributed by atoms with E-state index >= 15 is 0 Å². The van der Waals surface area contributed by atoms with E-state index in [1.165, 1.54) is 18.2 Å². The summed E-state index contributed by atoms with van der Waals surface area (Å²) in [5, 5.41) is 4.40. The second-order valence-electron chi connectivity index (χ2n) is 16.2. The number of aryl methyl sites for hydroxylation is 1. The van der Waals surface area contributed by atoms with Crippen molar-refractivity contribution in [3.8, 4) is 22.5 Å². The number of ether oxygens (including phenoxy) is 1. The van der Waals surface area contributed by atoms with Crippen LogP contribution in [0.1, 0.15) is 89.0 Å². The lowest BCUT2D eigenvalue weighted by Crippen LogP contribution is -2.40. The molecule has 0 atom stereocenters. The highest BCUT2D eigenvalue weighted by atomic mass is 32.3. The molecule has 322 valence electrons. The van der Waals surface area contributed by atoms with Crippen molar-refractivity contribution < 1.29 is 44.0 Å². The molecule has 10 nitrogen and oxygen atoms in total. The molecule has 4 aromatic carbocycles. The van der Waals surface area contributed by atoms with Crippen molar-refractivity contribution in [3.05, 3.63) is 125 Å². The summed E-state index contributed by atoms with van der Waals surface area (Å²) in [6.07, 6.45) is 0.593. The fourth-order valence-corrected chi connectivity index (χ4v) is 9.52. The molecule has 0 radical (unpaired) electrons. The van der Waals surface area contributed by atoms with Crippen LogP contribution in [0.3, 0.4) is 0 Å². The van der Waals surface area contributed by atoms with Crippen LogP contribution >= 0.6 is 0 Å². The minimum absolute atomic E-state index is 0.0207. The lowest BCUT2D eigenvalue weighted by molar-refractivity contribution is -0.155. The Balaban J connectivity index is 1.59. The first-order valence-corrected chi connectivity index (χ1v) is 22.7. The van der Waals surface area contributed by atoms with Crippen molar-refractivity contribution >= 4 is 54.0 Å². The Bertz CT molecular complexity index is 2880. The van der Waals surface area contributed by atoms with E-state index in [9.17, 15) is 34.8 Å². The third kappa shape index (κ3) is 9.38. The maximum absolute atomic E-state index is 13.6. The van der Waals surface area contributed by atoms with Crippen LogP contribution in [0.15, 0.2) is 111 Å². The second-order valence-corrected chi connectivity index (χ2v) is 19.7. The van der Waals surface area contributed by atoms with Gasteiger partial charge in [0.1, 0.15) is 18.0 Å². The van der Waals surface area contributed by atoms with E-state index in [2.05, 4.69) is 45.1 Å². The number of nitrogens with zero attached hydrogens (tertiary/aromatic N) is 1. The van der Waals surface area contributed by atoms with E-state index in [1.54, 1.807) is 36.4 Å². The standard InChI is InChI=1S/C46H48F3N3O7S2/c1-9-45(7,8)44(53)58-26-30-15-12-14-29(6)42(30)50-31-20-22-35-38(24-31)59-39-25-32(51-43-33(27(2)3)17-13-18-34(43)28(4)5)21-23-36(39)41(35)37-16-10-11-19-40(37)60(54,55)52-61(56,57)46(47,48)49/h10-25,27-28,51-52H,9,26H2,1-8H3/b50-31+. The average Bonchev–Trinajstić information content (AvgIpc) is 3.19. The molecule has 1 aliphatic heterocycles. The minimum atomic E-state index is -6.31. The molecule has 0 aromatic heterocycles. The zero-order valence-corrected chi connectivity index (χ0v) is 36.7. The number of carbonyl (C=O) groups is 1. The first-order chi connectivity index (χ1) is 28.5. The van der Waals surface area contributed by atoms with Gasteiger partial charge in [0.05, 0.1) is 21.4 Å². The number of hydrogen-bond donors (Lipinski definition) is 2. The predicted molar refractivity (Wildman–Crippen MR) is 232 cm³/mol. The highest BCUT2D eigenvalue weighted by Gasteiger charge is 2.49. The summed E-state index contributed by atoms with van der Waals surface area (Å²) in [7, 11) is -11.6. The number of fused-ring (bicyclic) bond motifs is 2. The highest BCUT2D eigenvalue weighted by Crippen LogP contribution is 2.44. The van der Waals surface area contributed by atoms with Gasteiger partial charge in [-0.2, -0.15) is 13.2 Å². The van der Waals surface area contributed by atoms with Crippen LogP contribution in [0.25, 0.3) is 33.4 Å². The molecule has 0 saturated carbocycles. The molecule has 15 heteroatoms. The van der Waals surface area contributed by atoms with E-state index in [-0.39, 0.29) is 46.9 Å². The number of sulfonamides is 2. The number of alkyl halides is 3. The molecule has 4 aromatic rings. The molecule has 2 N–H and O–H groups in total. The van der Waals surface area contributed by atoms with Gasteiger partial charge >= 0.3 is 21.5 Å². The van der Waals surface area contributed by atoms with Crippen LogP contribution in [0.5, 0.6) is 0 Å². The normalized spacial score (nSPS) is 13.1. The number of nitrogens with one attached hydrogen (secondary N) is 2. The lowest BCUT2D eigenvalue weighted by atomic mass is 9.91. The van der Waals surface area contributed by atoms with E-state index in [0.29, 0.717) is 39.7 Å². The van der Waals surface area contributed by atoms with Crippen LogP contribution < -0.4 is 14.8 Å². The van der Waals surface area contributed by atoms with Gasteiger partial charge in [0.2, 0.25) is 0 Å². The van der Waals surface area contributed by atoms with Crippen molar-refractivity contribution in [1.29, 1.82) is 0 Å².